The number of phenols is 2. The highest BCUT2D eigenvalue weighted by molar-refractivity contribution is 7.83. The average Bonchev–Trinajstić information content (AvgIpc) is 2.75. The molecular weight excluding hydrogens is 356 g/mol. The van der Waals surface area contributed by atoms with Crippen LogP contribution in [0.3, 0.4) is 0 Å². The minimum absolute atomic E-state index is 0.0208. The Kier molecular flexibility index (Phi) is 5.22. The maximum absolute atomic E-state index is 12.9. The van der Waals surface area contributed by atoms with E-state index >= 15 is 0 Å². The number of carbonyl (C=O) groups excluding carboxylic acids is 2. The molecule has 0 saturated carbocycles. The van der Waals surface area contributed by atoms with Crippen molar-refractivity contribution in [2.75, 3.05) is 13.1 Å². The number of hydrogen-bond acceptors (Lipinski definition) is 5. The van der Waals surface area contributed by atoms with Crippen LogP contribution in [0.1, 0.15) is 5.56 Å². The number of hydrogen-bond donors (Lipinski definition) is 3. The minimum Gasteiger partial charge on any atom is -0.508 e. The molecule has 2 unspecified atom stereocenters. The summed E-state index contributed by atoms with van der Waals surface area (Å²) in [6.45, 7) is -0.167. The molecule has 1 aliphatic heterocycles. The summed E-state index contributed by atoms with van der Waals surface area (Å²) in [6.07, 6.45) is 0.302. The Morgan fingerprint density at radius 1 is 1.08 bits per heavy atom. The van der Waals surface area contributed by atoms with Crippen molar-refractivity contribution < 1.29 is 24.0 Å². The monoisotopic (exact) mass is 374 g/mol. The molecule has 2 aromatic carbocycles. The van der Waals surface area contributed by atoms with E-state index in [9.17, 15) is 24.0 Å². The molecule has 2 atom stereocenters. The van der Waals surface area contributed by atoms with E-state index in [4.69, 9.17) is 0 Å². The molecule has 7 nitrogen and oxygen atoms in total. The van der Waals surface area contributed by atoms with Gasteiger partial charge in [0.15, 0.2) is 11.0 Å². The van der Waals surface area contributed by atoms with Gasteiger partial charge in [0.25, 0.3) is 0 Å². The lowest BCUT2D eigenvalue weighted by atomic mass is 9.98. The molecule has 0 spiro atoms. The topological polar surface area (TPSA) is 107 Å². The van der Waals surface area contributed by atoms with E-state index in [1.54, 1.807) is 18.2 Å². The molecule has 1 heterocycles. The van der Waals surface area contributed by atoms with Crippen molar-refractivity contribution in [3.8, 4) is 11.5 Å². The van der Waals surface area contributed by atoms with Gasteiger partial charge in [-0.15, -0.1) is 0 Å². The third-order valence-electron chi connectivity index (χ3n) is 4.06. The second kappa shape index (κ2) is 7.57. The predicted molar refractivity (Wildman–Crippen MR) is 94.5 cm³/mol. The van der Waals surface area contributed by atoms with Gasteiger partial charge in [-0.2, -0.15) is 0 Å². The van der Waals surface area contributed by atoms with Crippen LogP contribution in [0.25, 0.3) is 0 Å². The van der Waals surface area contributed by atoms with Crippen LogP contribution in [0, 0.1) is 5.92 Å². The average molecular weight is 374 g/mol. The maximum Gasteiger partial charge on any atom is 0.240 e. The highest BCUT2D eigenvalue weighted by Gasteiger charge is 2.33. The number of rotatable bonds is 4. The number of nitrogens with zero attached hydrogens (tertiary/aromatic N) is 1. The normalized spacial score (nSPS) is 18.9. The number of benzene rings is 2. The van der Waals surface area contributed by atoms with E-state index < -0.39 is 22.8 Å². The van der Waals surface area contributed by atoms with Crippen LogP contribution in [0.2, 0.25) is 0 Å². The first kappa shape index (κ1) is 17.9. The zero-order valence-electron chi connectivity index (χ0n) is 13.8. The first-order valence-electron chi connectivity index (χ1n) is 8.01. The minimum atomic E-state index is -1.86. The summed E-state index contributed by atoms with van der Waals surface area (Å²) >= 11 is 0. The third kappa shape index (κ3) is 4.02. The van der Waals surface area contributed by atoms with Crippen molar-refractivity contribution >= 4 is 22.8 Å². The summed E-state index contributed by atoms with van der Waals surface area (Å²) in [5.41, 5.74) is 0.745. The second-order valence-corrected chi connectivity index (χ2v) is 7.40. The molecule has 0 radical (unpaired) electrons. The molecule has 136 valence electrons. The molecule has 0 bridgehead atoms. The summed E-state index contributed by atoms with van der Waals surface area (Å²) < 4.78 is 13.8. The van der Waals surface area contributed by atoms with E-state index in [1.807, 2.05) is 0 Å². The zero-order valence-corrected chi connectivity index (χ0v) is 14.6. The molecule has 1 fully saturated rings. The van der Waals surface area contributed by atoms with Crippen molar-refractivity contribution in [3.05, 3.63) is 54.1 Å². The smallest absolute Gasteiger partial charge is 0.240 e. The Balaban J connectivity index is 1.84. The van der Waals surface area contributed by atoms with Gasteiger partial charge in [0.2, 0.25) is 11.8 Å². The lowest BCUT2D eigenvalue weighted by Gasteiger charge is -2.22. The Hall–Kier alpha value is -2.87. The van der Waals surface area contributed by atoms with Gasteiger partial charge in [-0.3, -0.25) is 9.59 Å². The Labute approximate surface area is 152 Å². The van der Waals surface area contributed by atoms with Crippen molar-refractivity contribution in [2.24, 2.45) is 5.92 Å². The van der Waals surface area contributed by atoms with Gasteiger partial charge in [-0.1, -0.05) is 12.1 Å². The molecule has 2 amide bonds. The molecule has 0 aromatic heterocycles. The van der Waals surface area contributed by atoms with Gasteiger partial charge in [0, 0.05) is 6.54 Å². The molecule has 0 aliphatic carbocycles. The van der Waals surface area contributed by atoms with Gasteiger partial charge in [0.05, 0.1) is 10.8 Å². The molecule has 1 aliphatic rings. The van der Waals surface area contributed by atoms with Crippen molar-refractivity contribution in [1.82, 2.24) is 9.62 Å². The van der Waals surface area contributed by atoms with Crippen LogP contribution in [0.15, 0.2) is 53.4 Å². The molecule has 1 saturated heterocycles. The lowest BCUT2D eigenvalue weighted by Crippen LogP contribution is -2.39. The Morgan fingerprint density at radius 2 is 1.81 bits per heavy atom. The third-order valence-corrected chi connectivity index (χ3v) is 5.44. The molecule has 3 rings (SSSR count). The number of aromatic hydroxyl groups is 2. The predicted octanol–water partition coefficient (Wildman–Crippen LogP) is 0.938. The number of phenolic OH excluding ortho intramolecular Hbond substituents is 2. The van der Waals surface area contributed by atoms with Crippen LogP contribution in [0.5, 0.6) is 11.5 Å². The van der Waals surface area contributed by atoms with E-state index in [2.05, 4.69) is 5.32 Å². The number of nitrogens with one attached hydrogen (secondary N) is 1. The molecule has 8 heteroatoms. The van der Waals surface area contributed by atoms with Gasteiger partial charge in [0.1, 0.15) is 18.0 Å². The van der Waals surface area contributed by atoms with E-state index in [-0.39, 0.29) is 30.5 Å². The zero-order chi connectivity index (χ0) is 18.7. The summed E-state index contributed by atoms with van der Waals surface area (Å²) in [7, 11) is -1.86. The molecule has 26 heavy (non-hydrogen) atoms. The van der Waals surface area contributed by atoms with Crippen molar-refractivity contribution in [2.45, 2.75) is 11.3 Å². The Bertz CT molecular complexity index is 853. The van der Waals surface area contributed by atoms with Crippen molar-refractivity contribution in [3.63, 3.8) is 0 Å². The largest absolute Gasteiger partial charge is 0.508 e. The fourth-order valence-electron chi connectivity index (χ4n) is 2.75. The molecule has 2 aromatic rings. The van der Waals surface area contributed by atoms with Gasteiger partial charge in [-0.25, -0.2) is 8.51 Å². The SMILES string of the molecule is O=C1CN(S(=O)c2ccc(O)cc2)C(=O)C(Cc2cccc(O)c2)CN1. The van der Waals surface area contributed by atoms with Crippen molar-refractivity contribution in [1.29, 1.82) is 0 Å². The number of amides is 2. The first-order chi connectivity index (χ1) is 12.4. The molecular formula is C18H18N2O5S. The van der Waals surface area contributed by atoms with Crippen LogP contribution >= 0.6 is 0 Å². The summed E-state index contributed by atoms with van der Waals surface area (Å²) in [5, 5.41) is 21.6. The highest BCUT2D eigenvalue weighted by atomic mass is 32.2. The lowest BCUT2D eigenvalue weighted by molar-refractivity contribution is -0.131. The fraction of sp³-hybridized carbons (Fsp3) is 0.222. The number of carbonyl (C=O) groups is 2. The first-order valence-corrected chi connectivity index (χ1v) is 9.11. The highest BCUT2D eigenvalue weighted by Crippen LogP contribution is 2.21. The quantitative estimate of drug-likeness (QED) is 0.738. The summed E-state index contributed by atoms with van der Waals surface area (Å²) in [6, 6.07) is 12.2. The van der Waals surface area contributed by atoms with E-state index in [0.717, 1.165) is 9.87 Å². The second-order valence-electron chi connectivity index (χ2n) is 5.99. The summed E-state index contributed by atoms with van der Waals surface area (Å²) in [5.74, 6) is -1.27. The van der Waals surface area contributed by atoms with Crippen LogP contribution in [-0.4, -0.2) is 43.6 Å². The maximum atomic E-state index is 12.9. The Morgan fingerprint density at radius 3 is 2.50 bits per heavy atom. The van der Waals surface area contributed by atoms with E-state index in [0.29, 0.717) is 11.3 Å². The van der Waals surface area contributed by atoms with Gasteiger partial charge >= 0.3 is 0 Å². The van der Waals surface area contributed by atoms with Gasteiger partial charge < -0.3 is 15.5 Å². The summed E-state index contributed by atoms with van der Waals surface area (Å²) in [4.78, 5) is 25.2. The van der Waals surface area contributed by atoms with Gasteiger partial charge in [-0.05, 0) is 48.4 Å². The van der Waals surface area contributed by atoms with E-state index in [1.165, 1.54) is 30.3 Å². The van der Waals surface area contributed by atoms with Crippen LogP contribution < -0.4 is 5.32 Å². The standard InChI is InChI=1S/C18H18N2O5S/c21-14-4-6-16(7-5-14)26(25)20-11-17(23)19-10-13(18(20)24)8-12-2-1-3-15(22)9-12/h1-7,9,13,21-22H,8,10-11H2,(H,19,23). The fourth-order valence-corrected chi connectivity index (χ4v) is 3.92. The van der Waals surface area contributed by atoms with Crippen LogP contribution in [-0.2, 0) is 27.0 Å². The van der Waals surface area contributed by atoms with Crippen LogP contribution in [0.4, 0.5) is 0 Å². The molecule has 3 N–H and O–H groups in total.